The maximum Gasteiger partial charge on any atom is 0.276 e. The molecule has 1 aromatic heterocycles. The number of rotatable bonds is 2. The van der Waals surface area contributed by atoms with E-state index in [1.807, 2.05) is 6.92 Å². The maximum absolute atomic E-state index is 12.4. The number of anilines is 1. The van der Waals surface area contributed by atoms with E-state index in [9.17, 15) is 4.79 Å². The van der Waals surface area contributed by atoms with Crippen LogP contribution in [0.3, 0.4) is 0 Å². The molecule has 1 amide bonds. The highest BCUT2D eigenvalue weighted by Crippen LogP contribution is 2.31. The molecule has 2 fully saturated rings. The molecule has 1 spiro atoms. The van der Waals surface area contributed by atoms with Gasteiger partial charge in [0.05, 0.1) is 18.9 Å². The van der Waals surface area contributed by atoms with Crippen LogP contribution in [0.2, 0.25) is 0 Å². The van der Waals surface area contributed by atoms with Crippen molar-refractivity contribution < 1.29 is 14.3 Å². The van der Waals surface area contributed by atoms with Crippen LogP contribution < -0.4 is 5.73 Å². The van der Waals surface area contributed by atoms with Crippen molar-refractivity contribution in [2.24, 2.45) is 0 Å². The van der Waals surface area contributed by atoms with Gasteiger partial charge in [0.1, 0.15) is 0 Å². The maximum atomic E-state index is 12.4. The van der Waals surface area contributed by atoms with E-state index in [0.29, 0.717) is 57.1 Å². The molecule has 1 aromatic rings. The summed E-state index contributed by atoms with van der Waals surface area (Å²) in [5, 5.41) is 4.23. The fourth-order valence-corrected chi connectivity index (χ4v) is 2.75. The molecule has 7 nitrogen and oxygen atoms in total. The zero-order chi connectivity index (χ0) is 14.2. The number of hydrogen-bond acceptors (Lipinski definition) is 5. The number of likely N-dealkylation sites (tertiary alicyclic amines) is 1. The van der Waals surface area contributed by atoms with Crippen molar-refractivity contribution in [2.45, 2.75) is 32.1 Å². The summed E-state index contributed by atoms with van der Waals surface area (Å²) in [4.78, 5) is 14.2. The van der Waals surface area contributed by atoms with Gasteiger partial charge in [0.25, 0.3) is 5.91 Å². The lowest BCUT2D eigenvalue weighted by atomic mass is 10.0. The van der Waals surface area contributed by atoms with Crippen LogP contribution in [0, 0.1) is 0 Å². The highest BCUT2D eigenvalue weighted by molar-refractivity contribution is 5.97. The molecule has 20 heavy (non-hydrogen) atoms. The third-order valence-corrected chi connectivity index (χ3v) is 3.94. The summed E-state index contributed by atoms with van der Waals surface area (Å²) >= 11 is 0. The highest BCUT2D eigenvalue weighted by Gasteiger charge is 2.41. The lowest BCUT2D eigenvalue weighted by Gasteiger charge is -2.37. The minimum Gasteiger partial charge on any atom is -0.396 e. The van der Waals surface area contributed by atoms with Crippen molar-refractivity contribution in [3.8, 4) is 0 Å². The number of ether oxygens (including phenoxy) is 2. The van der Waals surface area contributed by atoms with Crippen molar-refractivity contribution >= 4 is 11.6 Å². The number of amides is 1. The summed E-state index contributed by atoms with van der Waals surface area (Å²) in [6, 6.07) is 0. The summed E-state index contributed by atoms with van der Waals surface area (Å²) in [7, 11) is 0. The Labute approximate surface area is 117 Å². The van der Waals surface area contributed by atoms with Crippen molar-refractivity contribution in [1.29, 1.82) is 0 Å². The topological polar surface area (TPSA) is 82.6 Å². The third kappa shape index (κ3) is 2.27. The fourth-order valence-electron chi connectivity index (χ4n) is 2.75. The normalized spacial score (nSPS) is 21.6. The summed E-state index contributed by atoms with van der Waals surface area (Å²) in [5.41, 5.74) is 6.64. The van der Waals surface area contributed by atoms with Crippen molar-refractivity contribution in [3.63, 3.8) is 0 Å². The molecule has 3 rings (SSSR count). The number of piperidine rings is 1. The molecule has 2 aliphatic rings. The van der Waals surface area contributed by atoms with Gasteiger partial charge < -0.3 is 20.1 Å². The van der Waals surface area contributed by atoms with E-state index in [-0.39, 0.29) is 5.91 Å². The Morgan fingerprint density at radius 3 is 2.60 bits per heavy atom. The molecule has 110 valence electrons. The second-order valence-corrected chi connectivity index (χ2v) is 5.19. The lowest BCUT2D eigenvalue weighted by Crippen LogP contribution is -2.47. The van der Waals surface area contributed by atoms with E-state index in [0.717, 1.165) is 0 Å². The standard InChI is InChI=1S/C13H20N4O3/c1-2-17-9-10(14)11(15-17)12(18)16-5-3-13(4-6-16)19-7-8-20-13/h9H,2-8,14H2,1H3. The number of nitrogens with two attached hydrogens (primary N) is 1. The van der Waals surface area contributed by atoms with Gasteiger partial charge in [-0.25, -0.2) is 0 Å². The predicted molar refractivity (Wildman–Crippen MR) is 72.1 cm³/mol. The summed E-state index contributed by atoms with van der Waals surface area (Å²) in [6.07, 6.45) is 3.10. The van der Waals surface area contributed by atoms with Gasteiger partial charge in [-0.3, -0.25) is 9.48 Å². The quantitative estimate of drug-likeness (QED) is 0.851. The third-order valence-electron chi connectivity index (χ3n) is 3.94. The van der Waals surface area contributed by atoms with Gasteiger partial charge in [-0.05, 0) is 6.92 Å². The van der Waals surface area contributed by atoms with Gasteiger partial charge in [-0.1, -0.05) is 0 Å². The predicted octanol–water partition coefficient (Wildman–Crippen LogP) is 0.464. The van der Waals surface area contributed by atoms with Crippen LogP contribution in [-0.4, -0.2) is 52.7 Å². The Kier molecular flexibility index (Phi) is 3.39. The second-order valence-electron chi connectivity index (χ2n) is 5.19. The Hall–Kier alpha value is -1.60. The molecular weight excluding hydrogens is 260 g/mol. The molecule has 0 bridgehead atoms. The monoisotopic (exact) mass is 280 g/mol. The van der Waals surface area contributed by atoms with Crippen LogP contribution in [0.1, 0.15) is 30.3 Å². The molecule has 0 saturated carbocycles. The molecule has 3 heterocycles. The zero-order valence-corrected chi connectivity index (χ0v) is 11.7. The van der Waals surface area contributed by atoms with Crippen LogP contribution in [0.5, 0.6) is 0 Å². The first-order valence-electron chi connectivity index (χ1n) is 7.04. The van der Waals surface area contributed by atoms with Gasteiger partial charge in [0.2, 0.25) is 0 Å². The van der Waals surface area contributed by atoms with Gasteiger partial charge in [0.15, 0.2) is 11.5 Å². The summed E-state index contributed by atoms with van der Waals surface area (Å²) in [6.45, 7) is 5.15. The first-order valence-corrected chi connectivity index (χ1v) is 7.04. The van der Waals surface area contributed by atoms with E-state index in [1.54, 1.807) is 15.8 Å². The van der Waals surface area contributed by atoms with Crippen LogP contribution in [-0.2, 0) is 16.0 Å². The first-order chi connectivity index (χ1) is 9.63. The molecular formula is C13H20N4O3. The molecule has 2 saturated heterocycles. The van der Waals surface area contributed by atoms with E-state index in [1.165, 1.54) is 0 Å². The minimum absolute atomic E-state index is 0.109. The molecule has 0 atom stereocenters. The van der Waals surface area contributed by atoms with Crippen molar-refractivity contribution in [2.75, 3.05) is 32.0 Å². The first kappa shape index (κ1) is 13.4. The van der Waals surface area contributed by atoms with Gasteiger partial charge >= 0.3 is 0 Å². The minimum atomic E-state index is -0.467. The zero-order valence-electron chi connectivity index (χ0n) is 11.7. The number of aryl methyl sites for hydroxylation is 1. The van der Waals surface area contributed by atoms with E-state index in [4.69, 9.17) is 15.2 Å². The number of nitrogens with zero attached hydrogens (tertiary/aromatic N) is 3. The second kappa shape index (κ2) is 5.06. The molecule has 2 N–H and O–H groups in total. The number of nitrogen functional groups attached to an aromatic ring is 1. The van der Waals surface area contributed by atoms with E-state index in [2.05, 4.69) is 5.10 Å². The van der Waals surface area contributed by atoms with Crippen LogP contribution >= 0.6 is 0 Å². The van der Waals surface area contributed by atoms with Crippen molar-refractivity contribution in [3.05, 3.63) is 11.9 Å². The van der Waals surface area contributed by atoms with Crippen LogP contribution in [0.25, 0.3) is 0 Å². The lowest BCUT2D eigenvalue weighted by molar-refractivity contribution is -0.181. The van der Waals surface area contributed by atoms with E-state index >= 15 is 0 Å². The Balaban J connectivity index is 1.68. The SMILES string of the molecule is CCn1cc(N)c(C(=O)N2CCC3(CC2)OCCO3)n1. The number of aromatic nitrogens is 2. The Morgan fingerprint density at radius 1 is 1.40 bits per heavy atom. The summed E-state index contributed by atoms with van der Waals surface area (Å²) < 4.78 is 13.0. The molecule has 2 aliphatic heterocycles. The Bertz CT molecular complexity index is 498. The molecule has 0 unspecified atom stereocenters. The average Bonchev–Trinajstić information content (AvgIpc) is 3.06. The van der Waals surface area contributed by atoms with Gasteiger partial charge in [-0.15, -0.1) is 0 Å². The van der Waals surface area contributed by atoms with Crippen LogP contribution in [0.15, 0.2) is 6.20 Å². The number of hydrogen-bond donors (Lipinski definition) is 1. The Morgan fingerprint density at radius 2 is 2.05 bits per heavy atom. The number of carbonyl (C=O) groups excluding carboxylic acids is 1. The van der Waals surface area contributed by atoms with Crippen molar-refractivity contribution in [1.82, 2.24) is 14.7 Å². The summed E-state index contributed by atoms with van der Waals surface area (Å²) in [5.74, 6) is -0.576. The highest BCUT2D eigenvalue weighted by atomic mass is 16.7. The molecule has 0 radical (unpaired) electrons. The van der Waals surface area contributed by atoms with Gasteiger partial charge in [-0.2, -0.15) is 5.10 Å². The largest absolute Gasteiger partial charge is 0.396 e. The average molecular weight is 280 g/mol. The van der Waals surface area contributed by atoms with E-state index < -0.39 is 5.79 Å². The smallest absolute Gasteiger partial charge is 0.276 e. The molecule has 7 heteroatoms. The number of carbonyl (C=O) groups is 1. The van der Waals surface area contributed by atoms with Crippen LogP contribution in [0.4, 0.5) is 5.69 Å². The molecule has 0 aliphatic carbocycles. The molecule has 0 aromatic carbocycles. The fraction of sp³-hybridized carbons (Fsp3) is 0.692. The van der Waals surface area contributed by atoms with Gasteiger partial charge in [0, 0.05) is 38.7 Å².